The first-order chi connectivity index (χ1) is 7.33. The van der Waals surface area contributed by atoms with Crippen molar-refractivity contribution in [2.24, 2.45) is 5.73 Å². The molecule has 0 saturated carbocycles. The molecule has 0 fully saturated rings. The quantitative estimate of drug-likeness (QED) is 0.908. The van der Waals surface area contributed by atoms with E-state index < -0.39 is 12.5 Å². The first kappa shape index (κ1) is 13.5. The molecule has 1 aromatic rings. The molecule has 0 aliphatic heterocycles. The van der Waals surface area contributed by atoms with Gasteiger partial charge in [0.15, 0.2) is 12.4 Å². The topological polar surface area (TPSA) is 35.2 Å². The third-order valence-corrected chi connectivity index (χ3v) is 2.33. The zero-order chi connectivity index (χ0) is 12.3. The SMILES string of the molecule is CC(F)(F)COc1c(Cl)cc(CN)cc1Cl. The van der Waals surface area contributed by atoms with Gasteiger partial charge in [-0.05, 0) is 17.7 Å². The van der Waals surface area contributed by atoms with Gasteiger partial charge in [-0.25, -0.2) is 8.78 Å². The molecular formula is C10H11Cl2F2NO. The first-order valence-corrected chi connectivity index (χ1v) is 5.27. The van der Waals surface area contributed by atoms with Gasteiger partial charge in [0.1, 0.15) is 0 Å². The molecule has 0 heterocycles. The number of hydrogen-bond acceptors (Lipinski definition) is 2. The fraction of sp³-hybridized carbons (Fsp3) is 0.400. The molecule has 0 aliphatic rings. The van der Waals surface area contributed by atoms with Gasteiger partial charge in [0.05, 0.1) is 10.0 Å². The van der Waals surface area contributed by atoms with E-state index in [0.29, 0.717) is 5.56 Å². The third-order valence-electron chi connectivity index (χ3n) is 1.76. The maximum Gasteiger partial charge on any atom is 0.278 e. The Balaban J connectivity index is 2.88. The van der Waals surface area contributed by atoms with Crippen molar-refractivity contribution in [3.63, 3.8) is 0 Å². The van der Waals surface area contributed by atoms with Gasteiger partial charge in [0, 0.05) is 13.5 Å². The number of alkyl halides is 2. The summed E-state index contributed by atoms with van der Waals surface area (Å²) in [6.07, 6.45) is 0. The van der Waals surface area contributed by atoms with Crippen molar-refractivity contribution in [2.75, 3.05) is 6.61 Å². The number of halogens is 4. The van der Waals surface area contributed by atoms with Crippen LogP contribution in [0.15, 0.2) is 12.1 Å². The molecule has 0 aliphatic carbocycles. The Morgan fingerprint density at radius 2 is 1.81 bits per heavy atom. The van der Waals surface area contributed by atoms with Crippen molar-refractivity contribution >= 4 is 23.2 Å². The zero-order valence-electron chi connectivity index (χ0n) is 8.57. The molecular weight excluding hydrogens is 259 g/mol. The summed E-state index contributed by atoms with van der Waals surface area (Å²) >= 11 is 11.7. The van der Waals surface area contributed by atoms with Crippen molar-refractivity contribution < 1.29 is 13.5 Å². The van der Waals surface area contributed by atoms with Crippen LogP contribution in [-0.4, -0.2) is 12.5 Å². The predicted octanol–water partition coefficient (Wildman–Crippen LogP) is 3.49. The minimum Gasteiger partial charge on any atom is -0.484 e. The maximum atomic E-state index is 12.6. The van der Waals surface area contributed by atoms with Crippen molar-refractivity contribution in [1.29, 1.82) is 0 Å². The lowest BCUT2D eigenvalue weighted by molar-refractivity contribution is -0.0228. The highest BCUT2D eigenvalue weighted by Crippen LogP contribution is 2.34. The van der Waals surface area contributed by atoms with Crippen LogP contribution in [0, 0.1) is 0 Å². The van der Waals surface area contributed by atoms with E-state index in [4.69, 9.17) is 33.7 Å². The van der Waals surface area contributed by atoms with Gasteiger partial charge in [0.25, 0.3) is 5.92 Å². The number of rotatable bonds is 4. The Kier molecular flexibility index (Phi) is 4.35. The Bertz CT molecular complexity index is 357. The number of hydrogen-bond donors (Lipinski definition) is 1. The Morgan fingerprint density at radius 3 is 2.19 bits per heavy atom. The maximum absolute atomic E-state index is 12.6. The molecule has 0 atom stereocenters. The highest BCUT2D eigenvalue weighted by Gasteiger charge is 2.23. The van der Waals surface area contributed by atoms with Crippen LogP contribution in [-0.2, 0) is 6.54 Å². The molecule has 0 amide bonds. The fourth-order valence-electron chi connectivity index (χ4n) is 1.07. The lowest BCUT2D eigenvalue weighted by Crippen LogP contribution is -2.21. The van der Waals surface area contributed by atoms with Crippen LogP contribution in [0.25, 0.3) is 0 Å². The summed E-state index contributed by atoms with van der Waals surface area (Å²) in [5, 5.41) is 0.356. The average molecular weight is 270 g/mol. The van der Waals surface area contributed by atoms with E-state index in [1.54, 1.807) is 0 Å². The van der Waals surface area contributed by atoms with E-state index in [9.17, 15) is 8.78 Å². The normalized spacial score (nSPS) is 11.6. The molecule has 6 heteroatoms. The van der Waals surface area contributed by atoms with Crippen LogP contribution in [0.5, 0.6) is 5.75 Å². The molecule has 0 saturated heterocycles. The Hall–Kier alpha value is -0.580. The molecule has 1 aromatic carbocycles. The Labute approximate surface area is 102 Å². The molecule has 2 N–H and O–H groups in total. The van der Waals surface area contributed by atoms with E-state index in [1.807, 2.05) is 0 Å². The molecule has 0 unspecified atom stereocenters. The lowest BCUT2D eigenvalue weighted by Gasteiger charge is -2.14. The van der Waals surface area contributed by atoms with Crippen LogP contribution in [0.3, 0.4) is 0 Å². The molecule has 90 valence electrons. The van der Waals surface area contributed by atoms with Crippen LogP contribution in [0.1, 0.15) is 12.5 Å². The number of benzene rings is 1. The van der Waals surface area contributed by atoms with Crippen LogP contribution in [0.2, 0.25) is 10.0 Å². The zero-order valence-corrected chi connectivity index (χ0v) is 10.1. The molecule has 16 heavy (non-hydrogen) atoms. The van der Waals surface area contributed by atoms with E-state index in [-0.39, 0.29) is 22.3 Å². The van der Waals surface area contributed by atoms with E-state index in [1.165, 1.54) is 12.1 Å². The summed E-state index contributed by atoms with van der Waals surface area (Å²) in [5.74, 6) is -2.87. The molecule has 0 radical (unpaired) electrons. The summed E-state index contributed by atoms with van der Waals surface area (Å²) in [7, 11) is 0. The van der Waals surface area contributed by atoms with Crippen LogP contribution in [0.4, 0.5) is 8.78 Å². The predicted molar refractivity (Wildman–Crippen MR) is 60.5 cm³/mol. The lowest BCUT2D eigenvalue weighted by atomic mass is 10.2. The molecule has 0 bridgehead atoms. The third kappa shape index (κ3) is 3.77. The van der Waals surface area contributed by atoms with E-state index in [2.05, 4.69) is 0 Å². The minimum atomic E-state index is -2.93. The van der Waals surface area contributed by atoms with Gasteiger partial charge >= 0.3 is 0 Å². The van der Waals surface area contributed by atoms with E-state index >= 15 is 0 Å². The van der Waals surface area contributed by atoms with E-state index in [0.717, 1.165) is 6.92 Å². The molecule has 2 nitrogen and oxygen atoms in total. The fourth-order valence-corrected chi connectivity index (χ4v) is 1.71. The first-order valence-electron chi connectivity index (χ1n) is 4.52. The van der Waals surface area contributed by atoms with Gasteiger partial charge in [-0.15, -0.1) is 0 Å². The van der Waals surface area contributed by atoms with Crippen molar-refractivity contribution in [3.8, 4) is 5.75 Å². The highest BCUT2D eigenvalue weighted by atomic mass is 35.5. The average Bonchev–Trinajstić information content (AvgIpc) is 2.14. The molecule has 1 rings (SSSR count). The minimum absolute atomic E-state index is 0.0575. The van der Waals surface area contributed by atoms with Gasteiger partial charge in [-0.2, -0.15) is 0 Å². The second-order valence-electron chi connectivity index (χ2n) is 3.45. The summed E-state index contributed by atoms with van der Waals surface area (Å²) in [5.41, 5.74) is 6.12. The monoisotopic (exact) mass is 269 g/mol. The largest absolute Gasteiger partial charge is 0.484 e. The summed E-state index contributed by atoms with van der Waals surface area (Å²) in [6, 6.07) is 3.08. The summed E-state index contributed by atoms with van der Waals surface area (Å²) in [4.78, 5) is 0. The van der Waals surface area contributed by atoms with Crippen LogP contribution < -0.4 is 10.5 Å². The van der Waals surface area contributed by atoms with Gasteiger partial charge < -0.3 is 10.5 Å². The van der Waals surface area contributed by atoms with Gasteiger partial charge in [-0.3, -0.25) is 0 Å². The standard InChI is InChI=1S/C10H11Cl2F2NO/c1-10(13,14)5-16-9-7(11)2-6(4-15)3-8(9)12/h2-3H,4-5,15H2,1H3. The van der Waals surface area contributed by atoms with Gasteiger partial charge in [0.2, 0.25) is 0 Å². The summed E-state index contributed by atoms with van der Waals surface area (Å²) in [6.45, 7) is 0.251. The van der Waals surface area contributed by atoms with Crippen molar-refractivity contribution in [1.82, 2.24) is 0 Å². The number of ether oxygens (including phenoxy) is 1. The second-order valence-corrected chi connectivity index (χ2v) is 4.27. The second kappa shape index (κ2) is 5.17. The smallest absolute Gasteiger partial charge is 0.278 e. The van der Waals surface area contributed by atoms with Crippen molar-refractivity contribution in [3.05, 3.63) is 27.7 Å². The molecule has 0 spiro atoms. The van der Waals surface area contributed by atoms with Gasteiger partial charge in [-0.1, -0.05) is 23.2 Å². The summed E-state index contributed by atoms with van der Waals surface area (Å²) < 4.78 is 30.0. The highest BCUT2D eigenvalue weighted by molar-refractivity contribution is 6.37. The Morgan fingerprint density at radius 1 is 1.31 bits per heavy atom. The molecule has 0 aromatic heterocycles. The van der Waals surface area contributed by atoms with Crippen LogP contribution >= 0.6 is 23.2 Å². The number of nitrogens with two attached hydrogens (primary N) is 1. The van der Waals surface area contributed by atoms with Crippen molar-refractivity contribution in [2.45, 2.75) is 19.4 Å².